The van der Waals surface area contributed by atoms with Crippen LogP contribution in [0.4, 0.5) is 5.69 Å². The van der Waals surface area contributed by atoms with Crippen LogP contribution in [-0.2, 0) is 0 Å². The van der Waals surface area contributed by atoms with E-state index in [1.54, 1.807) is 0 Å². The molecule has 20 heavy (non-hydrogen) atoms. The second-order valence-corrected chi connectivity index (χ2v) is 7.29. The number of hydrogen-bond acceptors (Lipinski definition) is 2. The van der Waals surface area contributed by atoms with Gasteiger partial charge in [0.25, 0.3) is 0 Å². The molecule has 110 valence electrons. The summed E-state index contributed by atoms with van der Waals surface area (Å²) in [7, 11) is 0. The molecule has 0 bridgehead atoms. The highest BCUT2D eigenvalue weighted by molar-refractivity contribution is 9.10. The van der Waals surface area contributed by atoms with Gasteiger partial charge in [-0.15, -0.1) is 0 Å². The molecule has 1 aliphatic carbocycles. The maximum Gasteiger partial charge on any atom is 0.0549 e. The van der Waals surface area contributed by atoms with Crippen molar-refractivity contribution in [3.05, 3.63) is 27.7 Å². The van der Waals surface area contributed by atoms with E-state index < -0.39 is 0 Å². The van der Waals surface area contributed by atoms with E-state index >= 15 is 0 Å². The number of halogens is 2. The van der Waals surface area contributed by atoms with Crippen LogP contribution < -0.4 is 10.6 Å². The molecule has 2 aliphatic rings. The van der Waals surface area contributed by atoms with Gasteiger partial charge in [0.05, 0.1) is 5.02 Å². The molecule has 0 radical (unpaired) electrons. The van der Waals surface area contributed by atoms with Crippen molar-refractivity contribution in [3.8, 4) is 0 Å². The van der Waals surface area contributed by atoms with E-state index in [0.717, 1.165) is 15.4 Å². The number of hydrogen-bond donors (Lipinski definition) is 2. The Labute approximate surface area is 134 Å². The fraction of sp³-hybridized carbons (Fsp3) is 0.625. The summed E-state index contributed by atoms with van der Waals surface area (Å²) in [6.07, 6.45) is 8.04. The summed E-state index contributed by atoms with van der Waals surface area (Å²) in [6.45, 7) is 1.19. The topological polar surface area (TPSA) is 24.1 Å². The Balaban J connectivity index is 1.67. The monoisotopic (exact) mass is 356 g/mol. The molecule has 0 spiro atoms. The van der Waals surface area contributed by atoms with E-state index in [0.29, 0.717) is 12.1 Å². The van der Waals surface area contributed by atoms with Crippen molar-refractivity contribution in [1.82, 2.24) is 5.32 Å². The largest absolute Gasteiger partial charge is 0.382 e. The molecule has 1 heterocycles. The fourth-order valence-corrected chi connectivity index (χ4v) is 4.19. The first-order chi connectivity index (χ1) is 9.74. The lowest BCUT2D eigenvalue weighted by Crippen LogP contribution is -2.44. The molecule has 3 unspecified atom stereocenters. The standard InChI is InChI=1S/C16H22BrClN2/c17-13-10-11(7-8-14(13)18)20-16-6-3-4-12(16)15-5-1-2-9-19-15/h7-8,10,12,15-16,19-20H,1-6,9H2. The smallest absolute Gasteiger partial charge is 0.0549 e. The SMILES string of the molecule is Clc1ccc(NC2CCCC2C2CCCCN2)cc1Br. The molecule has 1 aromatic rings. The molecule has 0 aromatic heterocycles. The zero-order valence-electron chi connectivity index (χ0n) is 11.7. The van der Waals surface area contributed by atoms with E-state index in [2.05, 4.69) is 38.7 Å². The Morgan fingerprint density at radius 3 is 2.80 bits per heavy atom. The van der Waals surface area contributed by atoms with Crippen molar-refractivity contribution in [1.29, 1.82) is 0 Å². The van der Waals surface area contributed by atoms with Crippen LogP contribution in [0.25, 0.3) is 0 Å². The van der Waals surface area contributed by atoms with Crippen molar-refractivity contribution in [3.63, 3.8) is 0 Å². The lowest BCUT2D eigenvalue weighted by Gasteiger charge is -2.33. The van der Waals surface area contributed by atoms with Gasteiger partial charge in [0.2, 0.25) is 0 Å². The second kappa shape index (κ2) is 6.67. The summed E-state index contributed by atoms with van der Waals surface area (Å²) < 4.78 is 0.967. The third-order valence-corrected chi connectivity index (χ3v) is 5.92. The van der Waals surface area contributed by atoms with Gasteiger partial charge in [0.15, 0.2) is 0 Å². The summed E-state index contributed by atoms with van der Waals surface area (Å²) >= 11 is 9.57. The normalized spacial score (nSPS) is 30.4. The van der Waals surface area contributed by atoms with E-state index in [1.807, 2.05) is 6.07 Å². The first kappa shape index (κ1) is 14.7. The molecule has 1 saturated carbocycles. The zero-order valence-corrected chi connectivity index (χ0v) is 14.0. The minimum Gasteiger partial charge on any atom is -0.382 e. The first-order valence-corrected chi connectivity index (χ1v) is 8.86. The van der Waals surface area contributed by atoms with Crippen molar-refractivity contribution in [2.24, 2.45) is 5.92 Å². The van der Waals surface area contributed by atoms with Gasteiger partial charge >= 0.3 is 0 Å². The lowest BCUT2D eigenvalue weighted by atomic mass is 9.88. The van der Waals surface area contributed by atoms with Crippen molar-refractivity contribution >= 4 is 33.2 Å². The Kier molecular flexibility index (Phi) is 4.90. The Morgan fingerprint density at radius 2 is 2.05 bits per heavy atom. The summed E-state index contributed by atoms with van der Waals surface area (Å²) in [5, 5.41) is 8.23. The fourth-order valence-electron chi connectivity index (χ4n) is 3.69. The van der Waals surface area contributed by atoms with Crippen LogP contribution in [0, 0.1) is 5.92 Å². The summed E-state index contributed by atoms with van der Waals surface area (Å²) in [5.41, 5.74) is 1.17. The minimum absolute atomic E-state index is 0.596. The van der Waals surface area contributed by atoms with Crippen molar-refractivity contribution in [2.75, 3.05) is 11.9 Å². The molecule has 1 saturated heterocycles. The van der Waals surface area contributed by atoms with Gasteiger partial charge in [-0.25, -0.2) is 0 Å². The number of nitrogens with one attached hydrogen (secondary N) is 2. The van der Waals surface area contributed by atoms with Crippen LogP contribution in [0.15, 0.2) is 22.7 Å². The van der Waals surface area contributed by atoms with Gasteiger partial charge in [-0.3, -0.25) is 0 Å². The van der Waals surface area contributed by atoms with E-state index in [9.17, 15) is 0 Å². The van der Waals surface area contributed by atoms with Crippen LogP contribution in [-0.4, -0.2) is 18.6 Å². The summed E-state index contributed by atoms with van der Waals surface area (Å²) in [4.78, 5) is 0. The number of piperidine rings is 1. The van der Waals surface area contributed by atoms with Gasteiger partial charge in [-0.1, -0.05) is 24.4 Å². The number of rotatable bonds is 3. The first-order valence-electron chi connectivity index (χ1n) is 7.69. The summed E-state index contributed by atoms with van der Waals surface area (Å²) in [5.74, 6) is 0.768. The minimum atomic E-state index is 0.596. The van der Waals surface area contributed by atoms with Gasteiger partial charge in [-0.05, 0) is 72.3 Å². The van der Waals surface area contributed by atoms with Gasteiger partial charge in [0, 0.05) is 22.2 Å². The second-order valence-electron chi connectivity index (χ2n) is 6.03. The third-order valence-electron chi connectivity index (χ3n) is 4.71. The maximum absolute atomic E-state index is 6.06. The number of anilines is 1. The molecule has 2 nitrogen and oxygen atoms in total. The highest BCUT2D eigenvalue weighted by Gasteiger charge is 2.34. The Bertz CT molecular complexity index is 460. The molecule has 1 aliphatic heterocycles. The molecular formula is C16H22BrClN2. The van der Waals surface area contributed by atoms with Crippen LogP contribution in [0.3, 0.4) is 0 Å². The Hall–Kier alpha value is -0.250. The molecule has 4 heteroatoms. The molecule has 1 aromatic carbocycles. The molecular weight excluding hydrogens is 336 g/mol. The van der Waals surface area contributed by atoms with Crippen LogP contribution in [0.5, 0.6) is 0 Å². The van der Waals surface area contributed by atoms with E-state index in [4.69, 9.17) is 11.6 Å². The van der Waals surface area contributed by atoms with E-state index in [-0.39, 0.29) is 0 Å². The molecule has 0 amide bonds. The molecule has 3 rings (SSSR count). The third kappa shape index (κ3) is 3.32. The van der Waals surface area contributed by atoms with Gasteiger partial charge in [-0.2, -0.15) is 0 Å². The van der Waals surface area contributed by atoms with Crippen molar-refractivity contribution in [2.45, 2.75) is 50.6 Å². The average Bonchev–Trinajstić information content (AvgIpc) is 2.92. The molecule has 2 N–H and O–H groups in total. The predicted molar refractivity (Wildman–Crippen MR) is 89.5 cm³/mol. The molecule has 3 atom stereocenters. The maximum atomic E-state index is 6.06. The highest BCUT2D eigenvalue weighted by Crippen LogP contribution is 2.34. The number of benzene rings is 1. The van der Waals surface area contributed by atoms with Crippen LogP contribution >= 0.6 is 27.5 Å². The lowest BCUT2D eigenvalue weighted by molar-refractivity contribution is 0.286. The van der Waals surface area contributed by atoms with Crippen molar-refractivity contribution < 1.29 is 0 Å². The van der Waals surface area contributed by atoms with Crippen LogP contribution in [0.2, 0.25) is 5.02 Å². The zero-order chi connectivity index (χ0) is 13.9. The van der Waals surface area contributed by atoms with Crippen LogP contribution in [0.1, 0.15) is 38.5 Å². The summed E-state index contributed by atoms with van der Waals surface area (Å²) in [6, 6.07) is 7.43. The average molecular weight is 358 g/mol. The molecule has 2 fully saturated rings. The van der Waals surface area contributed by atoms with Gasteiger partial charge < -0.3 is 10.6 Å². The predicted octanol–water partition coefficient (Wildman–Crippen LogP) is 4.83. The highest BCUT2D eigenvalue weighted by atomic mass is 79.9. The van der Waals surface area contributed by atoms with E-state index in [1.165, 1.54) is 50.8 Å². The van der Waals surface area contributed by atoms with Gasteiger partial charge in [0.1, 0.15) is 0 Å². The quantitative estimate of drug-likeness (QED) is 0.810. The Morgan fingerprint density at radius 1 is 1.15 bits per heavy atom.